The third kappa shape index (κ3) is 2.11. The van der Waals surface area contributed by atoms with E-state index in [9.17, 15) is 4.39 Å². The van der Waals surface area contributed by atoms with Crippen molar-refractivity contribution in [3.05, 3.63) is 10.4 Å². The molecule has 96 valence electrons. The van der Waals surface area contributed by atoms with Crippen LogP contribution in [0.15, 0.2) is 5.11 Å². The zero-order valence-electron chi connectivity index (χ0n) is 9.88. The van der Waals surface area contributed by atoms with Gasteiger partial charge in [-0.15, -0.1) is 0 Å². The largest absolute Gasteiger partial charge is 0.341 e. The van der Waals surface area contributed by atoms with Crippen LogP contribution in [0.5, 0.6) is 0 Å². The Balaban J connectivity index is 2.11. The van der Waals surface area contributed by atoms with Crippen LogP contribution >= 0.6 is 0 Å². The molecule has 0 aliphatic carbocycles. The number of nitrogens with zero attached hydrogens (tertiary/aromatic N) is 3. The van der Waals surface area contributed by atoms with Gasteiger partial charge in [-0.3, -0.25) is 0 Å². The fourth-order valence-corrected chi connectivity index (χ4v) is 2.32. The molecule has 0 aromatic rings. The summed E-state index contributed by atoms with van der Waals surface area (Å²) in [6, 6.07) is 0. The van der Waals surface area contributed by atoms with Gasteiger partial charge < -0.3 is 14.2 Å². The first-order valence-electron chi connectivity index (χ1n) is 5.82. The second kappa shape index (κ2) is 4.78. The summed E-state index contributed by atoms with van der Waals surface area (Å²) in [6.07, 6.45) is -1.98. The molecule has 17 heavy (non-hydrogen) atoms. The lowest BCUT2D eigenvalue weighted by Gasteiger charge is -2.27. The highest BCUT2D eigenvalue weighted by molar-refractivity contribution is 4.97. The van der Waals surface area contributed by atoms with E-state index < -0.39 is 30.5 Å². The van der Waals surface area contributed by atoms with E-state index in [-0.39, 0.29) is 6.54 Å². The normalized spacial score (nSPS) is 38.8. The van der Waals surface area contributed by atoms with Crippen molar-refractivity contribution in [2.75, 3.05) is 6.54 Å². The average Bonchev–Trinajstić information content (AvgIpc) is 2.85. The van der Waals surface area contributed by atoms with Crippen LogP contribution in [0.2, 0.25) is 0 Å². The molecule has 6 nitrogen and oxygen atoms in total. The molecule has 0 bridgehead atoms. The van der Waals surface area contributed by atoms with Crippen molar-refractivity contribution < 1.29 is 18.6 Å². The summed E-state index contributed by atoms with van der Waals surface area (Å²) in [7, 11) is 0. The molecular weight excluding hydrogens is 229 g/mol. The quantitative estimate of drug-likeness (QED) is 0.433. The first kappa shape index (κ1) is 12.6. The Labute approximate surface area is 98.7 Å². The number of hydrogen-bond acceptors (Lipinski definition) is 4. The highest BCUT2D eigenvalue weighted by Gasteiger charge is 2.57. The van der Waals surface area contributed by atoms with Crippen LogP contribution in [0.25, 0.3) is 10.4 Å². The van der Waals surface area contributed by atoms with Crippen molar-refractivity contribution in [1.29, 1.82) is 0 Å². The summed E-state index contributed by atoms with van der Waals surface area (Å²) in [5.74, 6) is -0.724. The number of rotatable bonds is 4. The lowest BCUT2D eigenvalue weighted by Crippen LogP contribution is -2.34. The van der Waals surface area contributed by atoms with E-state index in [4.69, 9.17) is 19.7 Å². The van der Waals surface area contributed by atoms with Crippen LogP contribution in [0.1, 0.15) is 26.7 Å². The van der Waals surface area contributed by atoms with Crippen molar-refractivity contribution in [2.24, 2.45) is 5.11 Å². The summed E-state index contributed by atoms with van der Waals surface area (Å²) >= 11 is 0. The second-order valence-corrected chi connectivity index (χ2v) is 4.22. The Bertz CT molecular complexity index is 331. The van der Waals surface area contributed by atoms with Gasteiger partial charge in [0.25, 0.3) is 0 Å². The molecule has 2 fully saturated rings. The van der Waals surface area contributed by atoms with Crippen molar-refractivity contribution in [1.82, 2.24) is 0 Å². The predicted octanol–water partition coefficient (Wildman–Crippen LogP) is 2.29. The number of fused-ring (bicyclic) bond motifs is 1. The van der Waals surface area contributed by atoms with E-state index in [1.165, 1.54) is 0 Å². The van der Waals surface area contributed by atoms with Gasteiger partial charge in [0.05, 0.1) is 12.6 Å². The fourth-order valence-electron chi connectivity index (χ4n) is 2.32. The standard InChI is InChI=1S/C10H16FN3O3/c1-3-10(4-2)16-7-6(5-13-14-12)15-9(11)8(7)17-10/h6-9H,3-5H2,1-2H3/t6-,7-,8-,9?/m1/s1. The zero-order valence-corrected chi connectivity index (χ0v) is 9.88. The molecule has 0 spiro atoms. The molecule has 0 aromatic heterocycles. The molecule has 0 aromatic carbocycles. The van der Waals surface area contributed by atoms with Gasteiger partial charge in [-0.25, -0.2) is 4.39 Å². The Morgan fingerprint density at radius 3 is 2.53 bits per heavy atom. The molecule has 0 amide bonds. The van der Waals surface area contributed by atoms with Crippen LogP contribution in [-0.2, 0) is 14.2 Å². The van der Waals surface area contributed by atoms with Crippen molar-refractivity contribution in [2.45, 2.75) is 57.1 Å². The Morgan fingerprint density at radius 1 is 1.29 bits per heavy atom. The fraction of sp³-hybridized carbons (Fsp3) is 1.00. The molecule has 2 rings (SSSR count). The molecule has 0 radical (unpaired) electrons. The van der Waals surface area contributed by atoms with Gasteiger partial charge in [-0.2, -0.15) is 0 Å². The molecule has 7 heteroatoms. The van der Waals surface area contributed by atoms with Crippen molar-refractivity contribution >= 4 is 0 Å². The summed E-state index contributed by atoms with van der Waals surface area (Å²) in [6.45, 7) is 3.92. The van der Waals surface area contributed by atoms with E-state index in [1.54, 1.807) is 0 Å². The van der Waals surface area contributed by atoms with Crippen molar-refractivity contribution in [3.63, 3.8) is 0 Å². The van der Waals surface area contributed by atoms with Gasteiger partial charge in [-0.1, -0.05) is 19.0 Å². The number of halogens is 1. The molecule has 0 saturated carbocycles. The maximum atomic E-state index is 13.6. The maximum Gasteiger partial charge on any atom is 0.228 e. The van der Waals surface area contributed by atoms with Crippen LogP contribution < -0.4 is 0 Å². The molecule has 2 heterocycles. The number of hydrogen-bond donors (Lipinski definition) is 0. The smallest absolute Gasteiger partial charge is 0.228 e. The molecule has 0 N–H and O–H groups in total. The molecule has 2 saturated heterocycles. The first-order valence-corrected chi connectivity index (χ1v) is 5.82. The maximum absolute atomic E-state index is 13.6. The van der Waals surface area contributed by atoms with Gasteiger partial charge in [-0.05, 0) is 18.4 Å². The Kier molecular flexibility index (Phi) is 3.53. The minimum atomic E-state index is -1.51. The minimum Gasteiger partial charge on any atom is -0.341 e. The van der Waals surface area contributed by atoms with Gasteiger partial charge in [0.2, 0.25) is 6.36 Å². The van der Waals surface area contributed by atoms with Crippen LogP contribution in [0.3, 0.4) is 0 Å². The van der Waals surface area contributed by atoms with Crippen LogP contribution in [0.4, 0.5) is 4.39 Å². The number of ether oxygens (including phenoxy) is 3. The lowest BCUT2D eigenvalue weighted by molar-refractivity contribution is -0.224. The SMILES string of the molecule is CCC1(CC)O[C@@H]2[C@@H](CN=[N+]=[N-])OC(F)[C@@H]2O1. The van der Waals surface area contributed by atoms with Crippen LogP contribution in [0, 0.1) is 0 Å². The highest BCUT2D eigenvalue weighted by atomic mass is 19.1. The number of alkyl halides is 1. The summed E-state index contributed by atoms with van der Waals surface area (Å²) < 4.78 is 30.1. The molecular formula is C10H16FN3O3. The third-order valence-electron chi connectivity index (χ3n) is 3.36. The first-order chi connectivity index (χ1) is 8.15. The second-order valence-electron chi connectivity index (χ2n) is 4.22. The van der Waals surface area contributed by atoms with E-state index in [0.717, 1.165) is 0 Å². The van der Waals surface area contributed by atoms with E-state index >= 15 is 0 Å². The Hall–Kier alpha value is -0.880. The Morgan fingerprint density at radius 2 is 1.94 bits per heavy atom. The molecule has 2 aliphatic heterocycles. The van der Waals surface area contributed by atoms with Crippen LogP contribution in [-0.4, -0.2) is 37.0 Å². The zero-order chi connectivity index (χ0) is 12.5. The van der Waals surface area contributed by atoms with Crippen molar-refractivity contribution in [3.8, 4) is 0 Å². The van der Waals surface area contributed by atoms with E-state index in [0.29, 0.717) is 12.8 Å². The highest BCUT2D eigenvalue weighted by Crippen LogP contribution is 2.42. The summed E-state index contributed by atoms with van der Waals surface area (Å²) in [5, 5.41) is 3.40. The minimum absolute atomic E-state index is 0.0605. The van der Waals surface area contributed by atoms with E-state index in [1.807, 2.05) is 13.8 Å². The average molecular weight is 245 g/mol. The van der Waals surface area contributed by atoms with Gasteiger partial charge in [0.1, 0.15) is 12.2 Å². The van der Waals surface area contributed by atoms with Gasteiger partial charge in [0, 0.05) is 4.91 Å². The monoisotopic (exact) mass is 245 g/mol. The summed E-state index contributed by atoms with van der Waals surface area (Å²) in [5.41, 5.74) is 8.26. The molecule has 2 aliphatic rings. The summed E-state index contributed by atoms with van der Waals surface area (Å²) in [4.78, 5) is 2.64. The topological polar surface area (TPSA) is 76.5 Å². The number of azide groups is 1. The third-order valence-corrected chi connectivity index (χ3v) is 3.36. The lowest BCUT2D eigenvalue weighted by atomic mass is 10.1. The van der Waals surface area contributed by atoms with Gasteiger partial charge >= 0.3 is 0 Å². The molecule has 4 atom stereocenters. The van der Waals surface area contributed by atoms with E-state index in [2.05, 4.69) is 10.0 Å². The predicted molar refractivity (Wildman–Crippen MR) is 56.8 cm³/mol. The van der Waals surface area contributed by atoms with Gasteiger partial charge in [0.15, 0.2) is 5.79 Å². The molecule has 1 unspecified atom stereocenters.